The van der Waals surface area contributed by atoms with Crippen molar-refractivity contribution in [2.24, 2.45) is 5.41 Å². The molecule has 3 aromatic rings. The average molecular weight is 515 g/mol. The van der Waals surface area contributed by atoms with Crippen LogP contribution in [0.5, 0.6) is 0 Å². The number of hydrogen-bond donors (Lipinski definition) is 1. The largest absolute Gasteiger partial charge is 0.316 e. The van der Waals surface area contributed by atoms with Crippen molar-refractivity contribution in [3.8, 4) is 0 Å². The second-order valence-electron chi connectivity index (χ2n) is 10.1. The van der Waals surface area contributed by atoms with Gasteiger partial charge in [0.15, 0.2) is 5.13 Å². The van der Waals surface area contributed by atoms with E-state index in [0.717, 1.165) is 16.7 Å². The molecule has 36 heavy (non-hydrogen) atoms. The van der Waals surface area contributed by atoms with Crippen LogP contribution < -0.4 is 5.32 Å². The van der Waals surface area contributed by atoms with E-state index in [9.17, 15) is 18.0 Å². The Balaban J connectivity index is 1.32. The minimum absolute atomic E-state index is 0.0220. The molecule has 0 amide bonds. The molecule has 2 atom stereocenters. The number of piperidine rings is 1. The number of rotatable bonds is 7. The van der Waals surface area contributed by atoms with Gasteiger partial charge in [-0.15, -0.1) is 11.3 Å². The third kappa shape index (κ3) is 5.04. The minimum atomic E-state index is -2.68. The summed E-state index contributed by atoms with van der Waals surface area (Å²) in [6.45, 7) is 4.82. The number of anilines is 2. The quantitative estimate of drug-likeness (QED) is 0.422. The normalized spacial score (nSPS) is 23.4. The number of ketones is 1. The maximum Gasteiger partial charge on any atom is 0.256 e. The molecule has 1 aliphatic heterocycles. The van der Waals surface area contributed by atoms with E-state index >= 15 is 0 Å². The van der Waals surface area contributed by atoms with Gasteiger partial charge < -0.3 is 5.32 Å². The molecular weight excluding hydrogens is 485 g/mol. The summed E-state index contributed by atoms with van der Waals surface area (Å²) in [4.78, 5) is 23.8. The van der Waals surface area contributed by atoms with Gasteiger partial charge in [-0.05, 0) is 62.1 Å². The highest BCUT2D eigenvalue weighted by atomic mass is 32.1. The predicted molar refractivity (Wildman–Crippen MR) is 134 cm³/mol. The molecule has 1 aromatic carbocycles. The zero-order valence-electron chi connectivity index (χ0n) is 20.4. The van der Waals surface area contributed by atoms with Crippen LogP contribution in [0.15, 0.2) is 41.9 Å². The molecule has 1 fully saturated rings. The third-order valence-corrected chi connectivity index (χ3v) is 8.34. The van der Waals surface area contributed by atoms with Crippen molar-refractivity contribution in [2.75, 3.05) is 11.9 Å². The molecule has 1 aliphatic carbocycles. The zero-order chi connectivity index (χ0) is 25.5. The molecule has 5 rings (SSSR count). The average Bonchev–Trinajstić information content (AvgIpc) is 3.44. The van der Waals surface area contributed by atoms with Crippen LogP contribution in [0.1, 0.15) is 49.1 Å². The van der Waals surface area contributed by atoms with Crippen LogP contribution in [0.4, 0.5) is 24.1 Å². The van der Waals surface area contributed by atoms with E-state index in [-0.39, 0.29) is 36.8 Å². The van der Waals surface area contributed by atoms with Crippen molar-refractivity contribution in [3.05, 3.63) is 70.1 Å². The number of halogens is 3. The van der Waals surface area contributed by atoms with Gasteiger partial charge in [0.05, 0.1) is 5.69 Å². The van der Waals surface area contributed by atoms with Gasteiger partial charge in [0.25, 0.3) is 5.92 Å². The topological polar surface area (TPSA) is 58.1 Å². The third-order valence-electron chi connectivity index (χ3n) is 7.65. The Hall–Kier alpha value is -2.78. The Labute approximate surface area is 212 Å². The Morgan fingerprint density at radius 3 is 2.81 bits per heavy atom. The first-order valence-corrected chi connectivity index (χ1v) is 13.1. The van der Waals surface area contributed by atoms with E-state index in [1.807, 2.05) is 17.5 Å². The van der Waals surface area contributed by atoms with Crippen molar-refractivity contribution in [3.63, 3.8) is 0 Å². The highest BCUT2D eigenvalue weighted by molar-refractivity contribution is 7.13. The Morgan fingerprint density at radius 2 is 2.08 bits per heavy atom. The standard InChI is InChI=1S/C27H29F3N4OS/c1-17-12-26(18(2)35,15-23-22(28)6-7-24(32-23)33-25-31-9-11-36-25)8-10-34(17)16-20-5-3-4-19-13-27(29,30)14-21(19)20/h3-7,9,11,17H,8,10,12-16H2,1-2H3,(H,31,32,33). The lowest BCUT2D eigenvalue weighted by Crippen LogP contribution is -2.49. The van der Waals surface area contributed by atoms with Crippen molar-refractivity contribution < 1.29 is 18.0 Å². The monoisotopic (exact) mass is 514 g/mol. The number of pyridine rings is 1. The summed E-state index contributed by atoms with van der Waals surface area (Å²) < 4.78 is 42.9. The lowest BCUT2D eigenvalue weighted by Gasteiger charge is -2.44. The van der Waals surface area contributed by atoms with Crippen LogP contribution in [-0.4, -0.2) is 39.2 Å². The summed E-state index contributed by atoms with van der Waals surface area (Å²) in [7, 11) is 0. The molecule has 2 aliphatic rings. The number of Topliss-reactive ketones (excluding diaryl/α,β-unsaturated/α-hetero) is 1. The highest BCUT2D eigenvalue weighted by Gasteiger charge is 2.43. The van der Waals surface area contributed by atoms with Crippen LogP contribution in [0.3, 0.4) is 0 Å². The molecule has 0 bridgehead atoms. The Bertz CT molecular complexity index is 1270. The van der Waals surface area contributed by atoms with Crippen LogP contribution in [0, 0.1) is 11.2 Å². The number of hydrogen-bond acceptors (Lipinski definition) is 6. The number of nitrogens with zero attached hydrogens (tertiary/aromatic N) is 3. The highest BCUT2D eigenvalue weighted by Crippen LogP contribution is 2.41. The molecule has 190 valence electrons. The fraction of sp³-hybridized carbons (Fsp3) is 0.444. The molecule has 0 radical (unpaired) electrons. The summed E-state index contributed by atoms with van der Waals surface area (Å²) >= 11 is 1.42. The number of fused-ring (bicyclic) bond motifs is 1. The fourth-order valence-corrected chi connectivity index (χ4v) is 6.19. The Kier molecular flexibility index (Phi) is 6.63. The van der Waals surface area contributed by atoms with Crippen molar-refractivity contribution >= 4 is 28.1 Å². The second kappa shape index (κ2) is 9.59. The minimum Gasteiger partial charge on any atom is -0.316 e. The molecule has 5 nitrogen and oxygen atoms in total. The molecular formula is C27H29F3N4OS. The fourth-order valence-electron chi connectivity index (χ4n) is 5.65. The van der Waals surface area contributed by atoms with Gasteiger partial charge in [-0.1, -0.05) is 18.2 Å². The van der Waals surface area contributed by atoms with Crippen molar-refractivity contribution in [2.45, 2.75) is 64.5 Å². The summed E-state index contributed by atoms with van der Waals surface area (Å²) in [6.07, 6.45) is 2.59. The van der Waals surface area contributed by atoms with Gasteiger partial charge >= 0.3 is 0 Å². The maximum absolute atomic E-state index is 14.8. The van der Waals surface area contributed by atoms with E-state index in [4.69, 9.17) is 0 Å². The van der Waals surface area contributed by atoms with E-state index in [1.165, 1.54) is 17.4 Å². The number of likely N-dealkylation sites (tertiary alicyclic amines) is 1. The molecule has 2 unspecified atom stereocenters. The van der Waals surface area contributed by atoms with E-state index in [0.29, 0.717) is 36.9 Å². The van der Waals surface area contributed by atoms with Crippen molar-refractivity contribution in [1.29, 1.82) is 0 Å². The van der Waals surface area contributed by atoms with Gasteiger partial charge in [0.2, 0.25) is 0 Å². The molecule has 1 N–H and O–H groups in total. The molecule has 1 saturated heterocycles. The first-order chi connectivity index (χ1) is 17.1. The summed E-state index contributed by atoms with van der Waals surface area (Å²) in [6, 6.07) is 8.54. The van der Waals surface area contributed by atoms with Crippen LogP contribution in [-0.2, 0) is 30.6 Å². The van der Waals surface area contributed by atoms with Gasteiger partial charge in [-0.3, -0.25) is 9.69 Å². The van der Waals surface area contributed by atoms with Crippen molar-refractivity contribution in [1.82, 2.24) is 14.9 Å². The summed E-state index contributed by atoms with van der Waals surface area (Å²) in [5, 5.41) is 5.58. The number of carbonyl (C=O) groups excluding carboxylic acids is 1. The van der Waals surface area contributed by atoms with Crippen LogP contribution in [0.2, 0.25) is 0 Å². The van der Waals surface area contributed by atoms with E-state index in [1.54, 1.807) is 25.3 Å². The second-order valence-corrected chi connectivity index (χ2v) is 11.0. The Morgan fingerprint density at radius 1 is 1.25 bits per heavy atom. The van der Waals surface area contributed by atoms with E-state index in [2.05, 4.69) is 27.1 Å². The summed E-state index contributed by atoms with van der Waals surface area (Å²) in [5.41, 5.74) is 1.95. The van der Waals surface area contributed by atoms with Gasteiger partial charge in [-0.2, -0.15) is 0 Å². The molecule has 9 heteroatoms. The van der Waals surface area contributed by atoms with Crippen LogP contribution in [0.25, 0.3) is 0 Å². The molecule has 0 spiro atoms. The predicted octanol–water partition coefficient (Wildman–Crippen LogP) is 5.96. The number of aromatic nitrogens is 2. The number of carbonyl (C=O) groups is 1. The molecule has 0 saturated carbocycles. The first kappa shape index (κ1) is 24.9. The molecule has 2 aromatic heterocycles. The maximum atomic E-state index is 14.8. The SMILES string of the molecule is CC(=O)C1(Cc2nc(Nc3nccs3)ccc2F)CCN(Cc2cccc3c2CC(F)(F)C3)C(C)C1. The number of nitrogens with one attached hydrogen (secondary N) is 1. The number of thiazole rings is 1. The van der Waals surface area contributed by atoms with E-state index < -0.39 is 17.2 Å². The van der Waals surface area contributed by atoms with Gasteiger partial charge in [-0.25, -0.2) is 23.1 Å². The van der Waals surface area contributed by atoms with Gasteiger partial charge in [0, 0.05) is 48.8 Å². The smallest absolute Gasteiger partial charge is 0.256 e. The lowest BCUT2D eigenvalue weighted by molar-refractivity contribution is -0.130. The first-order valence-electron chi connectivity index (χ1n) is 12.2. The lowest BCUT2D eigenvalue weighted by atomic mass is 9.69. The zero-order valence-corrected chi connectivity index (χ0v) is 21.2. The van der Waals surface area contributed by atoms with Gasteiger partial charge in [0.1, 0.15) is 17.4 Å². The number of alkyl halides is 2. The number of benzene rings is 1. The molecule has 3 heterocycles. The summed E-state index contributed by atoms with van der Waals surface area (Å²) in [5.74, 6) is -2.61. The van der Waals surface area contributed by atoms with Crippen LogP contribution >= 0.6 is 11.3 Å².